The number of imidazole rings is 1. The van der Waals surface area contributed by atoms with E-state index in [0.29, 0.717) is 0 Å². The monoisotopic (exact) mass is 324 g/mol. The lowest BCUT2D eigenvalue weighted by atomic mass is 10.2. The van der Waals surface area contributed by atoms with Crippen molar-refractivity contribution in [3.8, 4) is 11.4 Å². The van der Waals surface area contributed by atoms with Crippen molar-refractivity contribution >= 4 is 16.9 Å². The van der Waals surface area contributed by atoms with Crippen LogP contribution in [0.3, 0.4) is 0 Å². The van der Waals surface area contributed by atoms with Gasteiger partial charge >= 0.3 is 0 Å². The van der Waals surface area contributed by atoms with Crippen molar-refractivity contribution in [3.05, 3.63) is 36.8 Å². The lowest BCUT2D eigenvalue weighted by molar-refractivity contribution is 0.316. The number of nitrogens with one attached hydrogen (secondary N) is 1. The molecule has 6 heteroatoms. The van der Waals surface area contributed by atoms with Gasteiger partial charge in [0.05, 0.1) is 6.20 Å². The molecule has 3 rings (SSSR count). The molecule has 0 saturated carbocycles. The summed E-state index contributed by atoms with van der Waals surface area (Å²) in [6, 6.07) is 8.38. The van der Waals surface area contributed by atoms with E-state index in [9.17, 15) is 0 Å². The van der Waals surface area contributed by atoms with Crippen molar-refractivity contribution < 1.29 is 0 Å². The van der Waals surface area contributed by atoms with E-state index in [-0.39, 0.29) is 0 Å². The first-order chi connectivity index (χ1) is 11.7. The van der Waals surface area contributed by atoms with Gasteiger partial charge in [0, 0.05) is 31.4 Å². The van der Waals surface area contributed by atoms with Crippen LogP contribution in [0.5, 0.6) is 0 Å². The van der Waals surface area contributed by atoms with Gasteiger partial charge in [0.25, 0.3) is 0 Å². The molecule has 0 unspecified atom stereocenters. The fourth-order valence-electron chi connectivity index (χ4n) is 2.82. The average molecular weight is 324 g/mol. The lowest BCUT2D eigenvalue weighted by Crippen LogP contribution is -2.28. The highest BCUT2D eigenvalue weighted by molar-refractivity contribution is 5.76. The quantitative estimate of drug-likeness (QED) is 0.724. The molecule has 2 aromatic heterocycles. The zero-order chi connectivity index (χ0) is 16.9. The Morgan fingerprint density at radius 3 is 2.54 bits per heavy atom. The molecule has 0 aliphatic carbocycles. The summed E-state index contributed by atoms with van der Waals surface area (Å²) in [5, 5.41) is 3.47. The Labute approximate surface area is 142 Å². The summed E-state index contributed by atoms with van der Waals surface area (Å²) in [5.74, 6) is 0.903. The number of fused-ring (bicyclic) bond motifs is 1. The Morgan fingerprint density at radius 2 is 1.88 bits per heavy atom. The number of hydrogen-bond acceptors (Lipinski definition) is 5. The zero-order valence-corrected chi connectivity index (χ0v) is 14.5. The van der Waals surface area contributed by atoms with E-state index in [2.05, 4.69) is 63.3 Å². The third-order valence-electron chi connectivity index (χ3n) is 4.36. The van der Waals surface area contributed by atoms with Crippen LogP contribution < -0.4 is 5.32 Å². The smallest absolute Gasteiger partial charge is 0.181 e. The molecule has 0 atom stereocenters. The third kappa shape index (κ3) is 3.38. The van der Waals surface area contributed by atoms with Crippen LogP contribution in [0.4, 0.5) is 5.69 Å². The molecule has 3 aromatic rings. The summed E-state index contributed by atoms with van der Waals surface area (Å²) < 4.78 is 2.03. The third-order valence-corrected chi connectivity index (χ3v) is 4.36. The molecule has 0 aliphatic heterocycles. The maximum absolute atomic E-state index is 4.60. The van der Waals surface area contributed by atoms with Crippen LogP contribution in [0.15, 0.2) is 36.8 Å². The molecular weight excluding hydrogens is 300 g/mol. The van der Waals surface area contributed by atoms with Gasteiger partial charge in [0.15, 0.2) is 5.65 Å². The largest absolute Gasteiger partial charge is 0.384 e. The molecule has 1 N–H and O–H groups in total. The molecule has 0 aliphatic rings. The average Bonchev–Trinajstić information content (AvgIpc) is 2.96. The van der Waals surface area contributed by atoms with E-state index in [1.165, 1.54) is 6.33 Å². The summed E-state index contributed by atoms with van der Waals surface area (Å²) in [6.45, 7) is 8.57. The predicted molar refractivity (Wildman–Crippen MR) is 98.0 cm³/mol. The van der Waals surface area contributed by atoms with Gasteiger partial charge in [0.1, 0.15) is 17.7 Å². The van der Waals surface area contributed by atoms with Gasteiger partial charge in [-0.05, 0) is 37.4 Å². The summed E-state index contributed by atoms with van der Waals surface area (Å²) in [7, 11) is 1.99. The zero-order valence-electron chi connectivity index (χ0n) is 14.5. The number of hydrogen-bond donors (Lipinski definition) is 1. The molecular formula is C18H24N6. The molecule has 0 radical (unpaired) electrons. The van der Waals surface area contributed by atoms with Crippen LogP contribution in [0.2, 0.25) is 0 Å². The standard InChI is InChI=1S/C18H24N6/c1-4-24(5-2)11-10-20-15-8-6-14(7-9-15)18-22-17-16(23(18)3)12-19-13-21-17/h6-9,12-13,20H,4-5,10-11H2,1-3H3. The van der Waals surface area contributed by atoms with Crippen LogP contribution in [0.25, 0.3) is 22.6 Å². The number of aromatic nitrogens is 4. The van der Waals surface area contributed by atoms with Crippen molar-refractivity contribution in [1.29, 1.82) is 0 Å². The highest BCUT2D eigenvalue weighted by Gasteiger charge is 2.10. The first kappa shape index (κ1) is 16.4. The Kier molecular flexibility index (Phi) is 5.05. The summed E-state index contributed by atoms with van der Waals surface area (Å²) in [5.41, 5.74) is 3.87. The van der Waals surface area contributed by atoms with Gasteiger partial charge in [-0.15, -0.1) is 0 Å². The second kappa shape index (κ2) is 7.40. The number of aryl methyl sites for hydroxylation is 1. The van der Waals surface area contributed by atoms with Crippen LogP contribution in [-0.4, -0.2) is 50.6 Å². The first-order valence-electron chi connectivity index (χ1n) is 8.42. The topological polar surface area (TPSA) is 58.9 Å². The van der Waals surface area contributed by atoms with E-state index in [4.69, 9.17) is 0 Å². The fraction of sp³-hybridized carbons (Fsp3) is 0.389. The number of rotatable bonds is 7. The molecule has 24 heavy (non-hydrogen) atoms. The van der Waals surface area contributed by atoms with Gasteiger partial charge in [-0.1, -0.05) is 13.8 Å². The van der Waals surface area contributed by atoms with Crippen molar-refractivity contribution in [2.24, 2.45) is 7.05 Å². The molecule has 126 valence electrons. The molecule has 0 saturated heterocycles. The Bertz CT molecular complexity index is 789. The molecule has 2 heterocycles. The van der Waals surface area contributed by atoms with Crippen molar-refractivity contribution in [2.45, 2.75) is 13.8 Å². The van der Waals surface area contributed by atoms with E-state index in [0.717, 1.165) is 54.4 Å². The Morgan fingerprint density at radius 1 is 1.12 bits per heavy atom. The van der Waals surface area contributed by atoms with Crippen LogP contribution >= 0.6 is 0 Å². The van der Waals surface area contributed by atoms with E-state index in [1.54, 1.807) is 6.20 Å². The molecule has 0 fully saturated rings. The van der Waals surface area contributed by atoms with Crippen molar-refractivity contribution in [3.63, 3.8) is 0 Å². The summed E-state index contributed by atoms with van der Waals surface area (Å²) >= 11 is 0. The summed E-state index contributed by atoms with van der Waals surface area (Å²) in [4.78, 5) is 15.3. The minimum atomic E-state index is 0.726. The Balaban J connectivity index is 1.71. The van der Waals surface area contributed by atoms with Gasteiger partial charge in [-0.2, -0.15) is 0 Å². The molecule has 0 spiro atoms. The summed E-state index contributed by atoms with van der Waals surface area (Å²) in [6.07, 6.45) is 3.32. The van der Waals surface area contributed by atoms with E-state index in [1.807, 2.05) is 11.6 Å². The normalized spacial score (nSPS) is 11.3. The fourth-order valence-corrected chi connectivity index (χ4v) is 2.82. The predicted octanol–water partition coefficient (Wildman–Crippen LogP) is 2.78. The van der Waals surface area contributed by atoms with Gasteiger partial charge < -0.3 is 14.8 Å². The van der Waals surface area contributed by atoms with Crippen LogP contribution in [0.1, 0.15) is 13.8 Å². The van der Waals surface area contributed by atoms with Gasteiger partial charge in [0.2, 0.25) is 0 Å². The molecule has 1 aromatic carbocycles. The van der Waals surface area contributed by atoms with Crippen LogP contribution in [0, 0.1) is 0 Å². The lowest BCUT2D eigenvalue weighted by Gasteiger charge is -2.18. The molecule has 0 bridgehead atoms. The van der Waals surface area contributed by atoms with E-state index >= 15 is 0 Å². The molecule has 6 nitrogen and oxygen atoms in total. The Hall–Kier alpha value is -2.47. The van der Waals surface area contributed by atoms with Gasteiger partial charge in [-0.3, -0.25) is 0 Å². The van der Waals surface area contributed by atoms with Crippen molar-refractivity contribution in [1.82, 2.24) is 24.4 Å². The second-order valence-electron chi connectivity index (χ2n) is 5.76. The minimum absolute atomic E-state index is 0.726. The molecule has 0 amide bonds. The number of benzene rings is 1. The highest BCUT2D eigenvalue weighted by atomic mass is 15.1. The van der Waals surface area contributed by atoms with Gasteiger partial charge in [-0.25, -0.2) is 15.0 Å². The van der Waals surface area contributed by atoms with Crippen LogP contribution in [-0.2, 0) is 7.05 Å². The number of anilines is 1. The SMILES string of the molecule is CCN(CC)CCNc1ccc(-c2nc3ncncc3n2C)cc1. The maximum Gasteiger partial charge on any atom is 0.181 e. The van der Waals surface area contributed by atoms with E-state index < -0.39 is 0 Å². The number of nitrogens with zero attached hydrogens (tertiary/aromatic N) is 5. The minimum Gasteiger partial charge on any atom is -0.384 e. The maximum atomic E-state index is 4.60. The number of likely N-dealkylation sites (N-methyl/N-ethyl adjacent to an activating group) is 1. The van der Waals surface area contributed by atoms with Crippen molar-refractivity contribution in [2.75, 3.05) is 31.5 Å². The second-order valence-corrected chi connectivity index (χ2v) is 5.76. The highest BCUT2D eigenvalue weighted by Crippen LogP contribution is 2.23. The first-order valence-corrected chi connectivity index (χ1v) is 8.42.